The summed E-state index contributed by atoms with van der Waals surface area (Å²) in [7, 11) is 0. The van der Waals surface area contributed by atoms with Crippen LogP contribution < -0.4 is 28.4 Å². The van der Waals surface area contributed by atoms with E-state index in [2.05, 4.69) is 180 Å². The zero-order chi connectivity index (χ0) is 39.2. The SMILES string of the molecule is CC(C)(C)c1ccnc(N2c3cnccc3[Se]c3ccc(Oc4cccc(N5CN(c6cc(-c7ccccc7)cc(-c7ccccc7)c6)c6ncccc65)c4)cc32)c1. The quantitative estimate of drug-likeness (QED) is 0.148. The first-order valence-electron chi connectivity index (χ1n) is 19.4. The van der Waals surface area contributed by atoms with Gasteiger partial charge in [-0.15, -0.1) is 0 Å². The monoisotopic (exact) mass is 820 g/mol. The van der Waals surface area contributed by atoms with Gasteiger partial charge in [0.05, 0.1) is 0 Å². The fourth-order valence-corrected chi connectivity index (χ4v) is 9.79. The first-order valence-corrected chi connectivity index (χ1v) is 21.1. The number of fused-ring (bicyclic) bond motifs is 3. The molecule has 3 aromatic heterocycles. The van der Waals surface area contributed by atoms with Gasteiger partial charge in [-0.05, 0) is 40.5 Å². The van der Waals surface area contributed by atoms with E-state index in [1.165, 1.54) is 25.6 Å². The van der Waals surface area contributed by atoms with E-state index in [1.807, 2.05) is 36.9 Å². The molecule has 7 nitrogen and oxygen atoms in total. The molecule has 0 bridgehead atoms. The molecule has 5 aromatic carbocycles. The third-order valence-corrected chi connectivity index (χ3v) is 13.0. The summed E-state index contributed by atoms with van der Waals surface area (Å²) < 4.78 is 9.25. The Morgan fingerprint density at radius 1 is 0.534 bits per heavy atom. The third kappa shape index (κ3) is 6.76. The number of rotatable bonds is 7. The summed E-state index contributed by atoms with van der Waals surface area (Å²) >= 11 is 0.107. The van der Waals surface area contributed by atoms with Crippen molar-refractivity contribution in [2.45, 2.75) is 26.2 Å². The van der Waals surface area contributed by atoms with Gasteiger partial charge in [-0.1, -0.05) is 60.7 Å². The Kier molecular flexibility index (Phi) is 9.01. The van der Waals surface area contributed by atoms with Gasteiger partial charge in [0.1, 0.15) is 0 Å². The van der Waals surface area contributed by atoms with E-state index in [4.69, 9.17) is 14.7 Å². The summed E-state index contributed by atoms with van der Waals surface area (Å²) in [5, 5.41) is 0. The third-order valence-electron chi connectivity index (χ3n) is 10.6. The number of aromatic nitrogens is 3. The van der Waals surface area contributed by atoms with Crippen LogP contribution in [0.15, 0.2) is 176 Å². The molecule has 0 N–H and O–H groups in total. The van der Waals surface area contributed by atoms with E-state index in [0.29, 0.717) is 6.67 Å². The molecule has 0 amide bonds. The topological polar surface area (TPSA) is 57.6 Å². The van der Waals surface area contributed by atoms with Gasteiger partial charge in [0.25, 0.3) is 0 Å². The molecular weight excluding hydrogens is 780 g/mol. The molecule has 5 heterocycles. The van der Waals surface area contributed by atoms with Crippen molar-refractivity contribution in [1.82, 2.24) is 15.0 Å². The molecule has 0 saturated carbocycles. The molecule has 58 heavy (non-hydrogen) atoms. The van der Waals surface area contributed by atoms with Crippen molar-refractivity contribution in [3.8, 4) is 33.8 Å². The van der Waals surface area contributed by atoms with Gasteiger partial charge < -0.3 is 0 Å². The second-order valence-corrected chi connectivity index (χ2v) is 17.8. The van der Waals surface area contributed by atoms with Crippen LogP contribution in [-0.4, -0.2) is 36.6 Å². The number of benzene rings is 5. The Bertz CT molecular complexity index is 2730. The van der Waals surface area contributed by atoms with E-state index >= 15 is 0 Å². The Hall–Kier alpha value is -6.73. The van der Waals surface area contributed by atoms with Gasteiger partial charge in [0.2, 0.25) is 0 Å². The van der Waals surface area contributed by atoms with Gasteiger partial charge in [0, 0.05) is 6.20 Å². The van der Waals surface area contributed by atoms with Gasteiger partial charge in [-0.3, -0.25) is 0 Å². The van der Waals surface area contributed by atoms with Crippen molar-refractivity contribution < 1.29 is 4.74 Å². The summed E-state index contributed by atoms with van der Waals surface area (Å²) in [6.45, 7) is 7.28. The molecule has 10 rings (SSSR count). The maximum absolute atomic E-state index is 6.71. The molecule has 0 aliphatic carbocycles. The van der Waals surface area contributed by atoms with E-state index in [9.17, 15) is 0 Å². The average molecular weight is 820 g/mol. The standard InChI is InChI=1S/C50H40N6OSe/c1-50(2,3)38-21-25-52-48(29-38)56-44-31-42(19-20-46(44)58-47-22-24-51-32-45(47)56)57-41-17-10-16-39(30-41)54-33-55(49-43(54)18-11-23-53-49)40-27-36(34-12-6-4-7-13-34)26-37(28-40)35-14-8-5-9-15-35/h4-32H,33H2,1-3H3. The van der Waals surface area contributed by atoms with Crippen LogP contribution >= 0.6 is 0 Å². The van der Waals surface area contributed by atoms with Crippen molar-refractivity contribution in [3.05, 3.63) is 182 Å². The molecule has 8 heteroatoms. The minimum absolute atomic E-state index is 0.0196. The molecule has 0 saturated heterocycles. The van der Waals surface area contributed by atoms with E-state index in [-0.39, 0.29) is 20.4 Å². The summed E-state index contributed by atoms with van der Waals surface area (Å²) in [6.07, 6.45) is 7.62. The first-order chi connectivity index (χ1) is 28.4. The number of hydrogen-bond acceptors (Lipinski definition) is 7. The summed E-state index contributed by atoms with van der Waals surface area (Å²) in [5.74, 6) is 3.29. The van der Waals surface area contributed by atoms with Crippen LogP contribution in [0.3, 0.4) is 0 Å². The second kappa shape index (κ2) is 14.6. The van der Waals surface area contributed by atoms with Crippen LogP contribution in [-0.2, 0) is 5.41 Å². The molecule has 0 unspecified atom stereocenters. The predicted molar refractivity (Wildman–Crippen MR) is 238 cm³/mol. The Balaban J connectivity index is 0.983. The van der Waals surface area contributed by atoms with Gasteiger partial charge in [0.15, 0.2) is 0 Å². The first kappa shape index (κ1) is 35.7. The van der Waals surface area contributed by atoms with Crippen molar-refractivity contribution >= 4 is 64.0 Å². The number of hydrogen-bond donors (Lipinski definition) is 0. The molecule has 0 fully saturated rings. The number of pyridine rings is 3. The predicted octanol–water partition coefficient (Wildman–Crippen LogP) is 11.0. The van der Waals surface area contributed by atoms with E-state index in [0.717, 1.165) is 62.7 Å². The van der Waals surface area contributed by atoms with Crippen molar-refractivity contribution in [3.63, 3.8) is 0 Å². The molecular formula is C50H40N6OSe. The van der Waals surface area contributed by atoms with Crippen molar-refractivity contribution in [1.29, 1.82) is 0 Å². The zero-order valence-corrected chi connectivity index (χ0v) is 34.2. The van der Waals surface area contributed by atoms with Crippen LogP contribution in [0.25, 0.3) is 22.3 Å². The molecule has 0 atom stereocenters. The molecule has 2 aliphatic heterocycles. The number of nitrogens with zero attached hydrogens (tertiary/aromatic N) is 6. The Morgan fingerprint density at radius 2 is 1.28 bits per heavy atom. The van der Waals surface area contributed by atoms with Gasteiger partial charge >= 0.3 is 240 Å². The Morgan fingerprint density at radius 3 is 2.03 bits per heavy atom. The fraction of sp³-hybridized carbons (Fsp3) is 0.100. The molecule has 8 aromatic rings. The summed E-state index contributed by atoms with van der Waals surface area (Å²) in [4.78, 5) is 21.2. The van der Waals surface area contributed by atoms with E-state index < -0.39 is 0 Å². The molecule has 2 aliphatic rings. The molecule has 282 valence electrons. The Labute approximate surface area is 345 Å². The summed E-state index contributed by atoms with van der Waals surface area (Å²) in [6, 6.07) is 53.3. The number of ether oxygens (including phenoxy) is 1. The van der Waals surface area contributed by atoms with Crippen LogP contribution in [0.2, 0.25) is 0 Å². The average Bonchev–Trinajstić information content (AvgIpc) is 3.66. The molecule has 0 radical (unpaired) electrons. The maximum atomic E-state index is 6.71. The van der Waals surface area contributed by atoms with Crippen LogP contribution in [0, 0.1) is 0 Å². The fourth-order valence-electron chi connectivity index (χ4n) is 7.68. The van der Waals surface area contributed by atoms with Gasteiger partial charge in [-0.2, -0.15) is 0 Å². The van der Waals surface area contributed by atoms with Crippen molar-refractivity contribution in [2.75, 3.05) is 21.4 Å². The summed E-state index contributed by atoms with van der Waals surface area (Å²) in [5.41, 5.74) is 11.1. The van der Waals surface area contributed by atoms with Crippen molar-refractivity contribution in [2.24, 2.45) is 0 Å². The van der Waals surface area contributed by atoms with Gasteiger partial charge in [-0.25, -0.2) is 0 Å². The van der Waals surface area contributed by atoms with Crippen LogP contribution in [0.4, 0.5) is 40.1 Å². The second-order valence-electron chi connectivity index (χ2n) is 15.5. The number of anilines is 7. The zero-order valence-electron chi connectivity index (χ0n) is 32.5. The minimum atomic E-state index is -0.0196. The normalized spacial score (nSPS) is 13.2. The molecule has 0 spiro atoms. The van der Waals surface area contributed by atoms with Crippen LogP contribution in [0.5, 0.6) is 11.5 Å². The van der Waals surface area contributed by atoms with E-state index in [1.54, 1.807) is 0 Å². The van der Waals surface area contributed by atoms with Crippen LogP contribution in [0.1, 0.15) is 26.3 Å².